The highest BCUT2D eigenvalue weighted by Crippen LogP contribution is 2.62. The van der Waals surface area contributed by atoms with Gasteiger partial charge < -0.3 is 0 Å². The van der Waals surface area contributed by atoms with E-state index < -0.39 is 5.21 Å². The van der Waals surface area contributed by atoms with Crippen molar-refractivity contribution in [1.82, 2.24) is 0 Å². The van der Waals surface area contributed by atoms with Crippen molar-refractivity contribution in [2.45, 2.75) is 44.2 Å². The molecule has 0 aromatic rings. The van der Waals surface area contributed by atoms with Crippen molar-refractivity contribution in [3.63, 3.8) is 0 Å². The van der Waals surface area contributed by atoms with Crippen molar-refractivity contribution < 1.29 is 0 Å². The average molecular weight is 184 g/mol. The molecule has 0 aliphatic heterocycles. The molecule has 0 aromatic heterocycles. The molecular formula is C12H18B2. The minimum absolute atomic E-state index is 0.427. The van der Waals surface area contributed by atoms with Crippen molar-refractivity contribution in [2.24, 2.45) is 29.6 Å². The maximum Gasteiger partial charge on any atom is 0.0620 e. The second kappa shape index (κ2) is 2.83. The summed E-state index contributed by atoms with van der Waals surface area (Å²) in [4.78, 5) is 0. The quantitative estimate of drug-likeness (QED) is 0.549. The zero-order valence-electron chi connectivity index (χ0n) is 9.08. The van der Waals surface area contributed by atoms with Crippen LogP contribution in [0.15, 0.2) is 0 Å². The Kier molecular flexibility index (Phi) is 1.89. The van der Waals surface area contributed by atoms with E-state index in [4.69, 9.17) is 15.7 Å². The molecule has 2 bridgehead atoms. The van der Waals surface area contributed by atoms with Gasteiger partial charge in [-0.25, -0.2) is 0 Å². The molecule has 0 saturated heterocycles. The third kappa shape index (κ3) is 1.22. The summed E-state index contributed by atoms with van der Waals surface area (Å²) in [5.74, 6) is 4.64. The molecule has 4 unspecified atom stereocenters. The fraction of sp³-hybridized carbons (Fsp3) is 1.00. The van der Waals surface area contributed by atoms with E-state index in [2.05, 4.69) is 0 Å². The second-order valence-electron chi connectivity index (χ2n) is 6.20. The zero-order chi connectivity index (χ0) is 9.92. The van der Waals surface area contributed by atoms with Crippen molar-refractivity contribution in [2.75, 3.05) is 0 Å². The fourth-order valence-electron chi connectivity index (χ4n) is 4.53. The van der Waals surface area contributed by atoms with Crippen LogP contribution < -0.4 is 0 Å². The molecule has 0 nitrogen and oxygen atoms in total. The van der Waals surface area contributed by atoms with Crippen LogP contribution in [0.2, 0.25) is 5.21 Å². The lowest BCUT2D eigenvalue weighted by Gasteiger charge is -2.29. The molecule has 4 radical (unpaired) electrons. The van der Waals surface area contributed by atoms with Gasteiger partial charge in [0.1, 0.15) is 0 Å². The molecule has 0 aromatic carbocycles. The molecular weight excluding hydrogens is 166 g/mol. The maximum absolute atomic E-state index is 6.03. The Labute approximate surface area is 90.0 Å². The molecule has 3 rings (SSSR count). The summed E-state index contributed by atoms with van der Waals surface area (Å²) in [6, 6.07) is 0. The van der Waals surface area contributed by atoms with E-state index in [-0.39, 0.29) is 0 Å². The van der Waals surface area contributed by atoms with Crippen LogP contribution in [-0.4, -0.2) is 15.7 Å². The van der Waals surface area contributed by atoms with Crippen LogP contribution in [0.25, 0.3) is 0 Å². The van der Waals surface area contributed by atoms with Crippen LogP contribution in [-0.2, 0) is 0 Å². The molecule has 0 heterocycles. The Bertz CT molecular complexity index is 225. The van der Waals surface area contributed by atoms with Crippen LogP contribution >= 0.6 is 0 Å². The normalized spacial score (nSPS) is 51.1. The van der Waals surface area contributed by atoms with Crippen molar-refractivity contribution in [3.8, 4) is 0 Å². The standard InChI is InChI=1S/C12H18B2/c1-12(13,14)9-5-10-7-2-3-8(4-7)11(10)6-9/h7-11H,2-6H2,1H3. The summed E-state index contributed by atoms with van der Waals surface area (Å²) in [5.41, 5.74) is 0. The first-order valence-corrected chi connectivity index (χ1v) is 6.13. The van der Waals surface area contributed by atoms with Gasteiger partial charge in [-0.15, -0.1) is 0 Å². The first-order chi connectivity index (χ1) is 6.55. The third-order valence-electron chi connectivity index (χ3n) is 5.27. The molecule has 0 N–H and O–H groups in total. The van der Waals surface area contributed by atoms with Crippen LogP contribution in [0.1, 0.15) is 39.0 Å². The molecule has 4 atom stereocenters. The SMILES string of the molecule is [B]C([B])(C)C1CC2C3CCC(C3)C2C1. The first kappa shape index (κ1) is 9.36. The van der Waals surface area contributed by atoms with Gasteiger partial charge in [0.05, 0.1) is 15.7 Å². The highest BCUT2D eigenvalue weighted by Gasteiger charge is 2.52. The van der Waals surface area contributed by atoms with E-state index in [9.17, 15) is 0 Å². The van der Waals surface area contributed by atoms with Gasteiger partial charge in [0, 0.05) is 0 Å². The minimum Gasteiger partial charge on any atom is -0.0989 e. The molecule has 3 aliphatic rings. The summed E-state index contributed by atoms with van der Waals surface area (Å²) in [7, 11) is 12.1. The Morgan fingerprint density at radius 3 is 1.86 bits per heavy atom. The molecule has 2 heteroatoms. The fourth-order valence-corrected chi connectivity index (χ4v) is 4.53. The van der Waals surface area contributed by atoms with Crippen LogP contribution in [0, 0.1) is 29.6 Å². The monoisotopic (exact) mass is 184 g/mol. The summed E-state index contributed by atoms with van der Waals surface area (Å²) in [6.45, 7) is 2.00. The number of fused-ring (bicyclic) bond motifs is 5. The van der Waals surface area contributed by atoms with Gasteiger partial charge in [-0.2, -0.15) is 0 Å². The van der Waals surface area contributed by atoms with Gasteiger partial charge in [0.2, 0.25) is 0 Å². The molecule has 3 saturated carbocycles. The van der Waals surface area contributed by atoms with E-state index >= 15 is 0 Å². The van der Waals surface area contributed by atoms with E-state index in [1.165, 1.54) is 32.1 Å². The molecule has 14 heavy (non-hydrogen) atoms. The predicted octanol–water partition coefficient (Wildman–Crippen LogP) is 2.53. The third-order valence-corrected chi connectivity index (χ3v) is 5.27. The van der Waals surface area contributed by atoms with Crippen molar-refractivity contribution in [1.29, 1.82) is 0 Å². The second-order valence-corrected chi connectivity index (χ2v) is 6.20. The highest BCUT2D eigenvalue weighted by atomic mass is 14.6. The zero-order valence-corrected chi connectivity index (χ0v) is 9.08. The smallest absolute Gasteiger partial charge is 0.0620 e. The molecule has 3 fully saturated rings. The summed E-state index contributed by atoms with van der Waals surface area (Å²) in [5, 5.41) is -0.427. The topological polar surface area (TPSA) is 0 Å². The Morgan fingerprint density at radius 2 is 1.43 bits per heavy atom. The number of hydrogen-bond donors (Lipinski definition) is 0. The molecule has 0 amide bonds. The van der Waals surface area contributed by atoms with Gasteiger partial charge in [-0.3, -0.25) is 0 Å². The van der Waals surface area contributed by atoms with Crippen molar-refractivity contribution in [3.05, 3.63) is 0 Å². The first-order valence-electron chi connectivity index (χ1n) is 6.13. The van der Waals surface area contributed by atoms with Gasteiger partial charge in [-0.1, -0.05) is 18.1 Å². The molecule has 0 spiro atoms. The Morgan fingerprint density at radius 1 is 0.929 bits per heavy atom. The van der Waals surface area contributed by atoms with E-state index in [1.54, 1.807) is 0 Å². The van der Waals surface area contributed by atoms with Crippen molar-refractivity contribution >= 4 is 15.7 Å². The van der Waals surface area contributed by atoms with Gasteiger partial charge in [-0.05, 0) is 55.8 Å². The van der Waals surface area contributed by atoms with E-state index in [0.29, 0.717) is 5.92 Å². The summed E-state index contributed by atoms with van der Waals surface area (Å²) in [6.07, 6.45) is 7.13. The predicted molar refractivity (Wildman–Crippen MR) is 60.4 cm³/mol. The summed E-state index contributed by atoms with van der Waals surface area (Å²) >= 11 is 0. The molecule has 3 aliphatic carbocycles. The Balaban J connectivity index is 1.77. The van der Waals surface area contributed by atoms with E-state index in [0.717, 1.165) is 23.7 Å². The van der Waals surface area contributed by atoms with Gasteiger partial charge in [0.25, 0.3) is 0 Å². The van der Waals surface area contributed by atoms with E-state index in [1.807, 2.05) is 6.92 Å². The lowest BCUT2D eigenvalue weighted by molar-refractivity contribution is 0.259. The largest absolute Gasteiger partial charge is 0.0989 e. The maximum atomic E-state index is 6.03. The van der Waals surface area contributed by atoms with Crippen LogP contribution in [0.5, 0.6) is 0 Å². The minimum atomic E-state index is -0.427. The number of hydrogen-bond acceptors (Lipinski definition) is 0. The molecule has 72 valence electrons. The lowest BCUT2D eigenvalue weighted by Crippen LogP contribution is -2.19. The van der Waals surface area contributed by atoms with Gasteiger partial charge in [0.15, 0.2) is 0 Å². The number of rotatable bonds is 1. The van der Waals surface area contributed by atoms with Crippen LogP contribution in [0.4, 0.5) is 0 Å². The summed E-state index contributed by atoms with van der Waals surface area (Å²) < 4.78 is 0. The Hall–Kier alpha value is 0.130. The van der Waals surface area contributed by atoms with Crippen LogP contribution in [0.3, 0.4) is 0 Å². The van der Waals surface area contributed by atoms with Gasteiger partial charge >= 0.3 is 0 Å². The highest BCUT2D eigenvalue weighted by molar-refractivity contribution is 6.39. The lowest BCUT2D eigenvalue weighted by atomic mass is 9.49. The average Bonchev–Trinajstić information content (AvgIpc) is 2.74.